The zero-order valence-electron chi connectivity index (χ0n) is 11.2. The minimum absolute atomic E-state index is 0.102. The summed E-state index contributed by atoms with van der Waals surface area (Å²) < 4.78 is 11.2. The maximum Gasteiger partial charge on any atom is 0.177 e. The van der Waals surface area contributed by atoms with Gasteiger partial charge in [-0.1, -0.05) is 32.8 Å². The van der Waals surface area contributed by atoms with E-state index >= 15 is 0 Å². The van der Waals surface area contributed by atoms with Crippen LogP contribution in [0.25, 0.3) is 0 Å². The van der Waals surface area contributed by atoms with Gasteiger partial charge in [-0.3, -0.25) is 0 Å². The van der Waals surface area contributed by atoms with E-state index in [1.807, 2.05) is 0 Å². The Labute approximate surface area is 100 Å². The zero-order chi connectivity index (χ0) is 12.0. The lowest BCUT2D eigenvalue weighted by Gasteiger charge is -2.25. The molecule has 2 nitrogen and oxygen atoms in total. The van der Waals surface area contributed by atoms with Crippen molar-refractivity contribution in [2.75, 3.05) is 13.2 Å². The summed E-state index contributed by atoms with van der Waals surface area (Å²) in [5.41, 5.74) is 1.39. The topological polar surface area (TPSA) is 18.5 Å². The molecule has 1 fully saturated rings. The Morgan fingerprint density at radius 1 is 1.31 bits per heavy atom. The fourth-order valence-corrected chi connectivity index (χ4v) is 1.82. The van der Waals surface area contributed by atoms with Crippen LogP contribution in [0.1, 0.15) is 47.0 Å². The van der Waals surface area contributed by atoms with Crippen LogP contribution in [0.2, 0.25) is 0 Å². The van der Waals surface area contributed by atoms with E-state index in [1.54, 1.807) is 0 Å². The van der Waals surface area contributed by atoms with E-state index in [-0.39, 0.29) is 6.29 Å². The predicted octanol–water partition coefficient (Wildman–Crippen LogP) is 3.77. The molecule has 1 heterocycles. The van der Waals surface area contributed by atoms with Gasteiger partial charge in [-0.25, -0.2) is 0 Å². The normalized spacial score (nSPS) is 27.4. The van der Waals surface area contributed by atoms with Crippen molar-refractivity contribution >= 4 is 0 Å². The summed E-state index contributed by atoms with van der Waals surface area (Å²) in [6.45, 7) is 10.5. The lowest BCUT2D eigenvalue weighted by atomic mass is 10.0. The van der Waals surface area contributed by atoms with Gasteiger partial charge in [0.15, 0.2) is 6.29 Å². The highest BCUT2D eigenvalue weighted by Gasteiger charge is 2.16. The molecule has 0 radical (unpaired) electrons. The van der Waals surface area contributed by atoms with Gasteiger partial charge in [-0.15, -0.1) is 0 Å². The van der Waals surface area contributed by atoms with E-state index in [4.69, 9.17) is 9.47 Å². The molecule has 0 N–H and O–H groups in total. The Bertz CT molecular complexity index is 213. The van der Waals surface area contributed by atoms with Gasteiger partial charge in [0.2, 0.25) is 0 Å². The first kappa shape index (κ1) is 13.7. The number of hydrogen-bond acceptors (Lipinski definition) is 2. The molecular formula is C14H26O2. The third-order valence-corrected chi connectivity index (χ3v) is 2.86. The van der Waals surface area contributed by atoms with Crippen molar-refractivity contribution < 1.29 is 9.47 Å². The summed E-state index contributed by atoms with van der Waals surface area (Å²) >= 11 is 0. The molecule has 16 heavy (non-hydrogen) atoms. The predicted molar refractivity (Wildman–Crippen MR) is 67.3 cm³/mol. The maximum atomic E-state index is 5.59. The maximum absolute atomic E-state index is 5.59. The summed E-state index contributed by atoms with van der Waals surface area (Å²) in [5, 5.41) is 0. The molecule has 0 aromatic rings. The molecule has 0 amide bonds. The van der Waals surface area contributed by atoms with E-state index in [1.165, 1.54) is 18.4 Å². The van der Waals surface area contributed by atoms with Gasteiger partial charge in [0.05, 0.1) is 13.2 Å². The van der Waals surface area contributed by atoms with Crippen molar-refractivity contribution in [2.24, 2.45) is 11.8 Å². The molecule has 0 atom stereocenters. The largest absolute Gasteiger partial charge is 0.349 e. The van der Waals surface area contributed by atoms with Crippen LogP contribution in [0.3, 0.4) is 0 Å². The van der Waals surface area contributed by atoms with Gasteiger partial charge >= 0.3 is 0 Å². The Morgan fingerprint density at radius 2 is 1.94 bits per heavy atom. The molecule has 1 aliphatic heterocycles. The molecule has 0 aliphatic carbocycles. The molecule has 0 spiro atoms. The van der Waals surface area contributed by atoms with Crippen LogP contribution in [0.4, 0.5) is 0 Å². The van der Waals surface area contributed by atoms with Crippen LogP contribution in [0.5, 0.6) is 0 Å². The van der Waals surface area contributed by atoms with Crippen LogP contribution < -0.4 is 0 Å². The SMILES string of the molecule is CC(=CC1OCC(C)CO1)CCCC(C)C. The van der Waals surface area contributed by atoms with E-state index in [0.29, 0.717) is 5.92 Å². The van der Waals surface area contributed by atoms with E-state index < -0.39 is 0 Å². The van der Waals surface area contributed by atoms with Crippen LogP contribution in [-0.4, -0.2) is 19.5 Å². The third-order valence-electron chi connectivity index (χ3n) is 2.86. The fraction of sp³-hybridized carbons (Fsp3) is 0.857. The summed E-state index contributed by atoms with van der Waals surface area (Å²) in [4.78, 5) is 0. The molecule has 0 unspecified atom stereocenters. The fourth-order valence-electron chi connectivity index (χ4n) is 1.82. The van der Waals surface area contributed by atoms with Gasteiger partial charge in [-0.05, 0) is 31.8 Å². The average molecular weight is 226 g/mol. The van der Waals surface area contributed by atoms with Crippen molar-refractivity contribution in [3.05, 3.63) is 11.6 Å². The monoisotopic (exact) mass is 226 g/mol. The third kappa shape index (κ3) is 5.66. The quantitative estimate of drug-likeness (QED) is 0.664. The first-order chi connectivity index (χ1) is 7.58. The van der Waals surface area contributed by atoms with E-state index in [0.717, 1.165) is 25.6 Å². The first-order valence-electron chi connectivity index (χ1n) is 6.48. The molecule has 0 saturated carbocycles. The second-order valence-electron chi connectivity index (χ2n) is 5.44. The molecule has 1 aliphatic rings. The van der Waals surface area contributed by atoms with Crippen LogP contribution in [-0.2, 0) is 9.47 Å². The highest BCUT2D eigenvalue weighted by Crippen LogP contribution is 2.16. The lowest BCUT2D eigenvalue weighted by molar-refractivity contribution is -0.171. The molecule has 1 rings (SSSR count). The standard InChI is InChI=1S/C14H26O2/c1-11(2)6-5-7-12(3)8-14-15-9-13(4)10-16-14/h8,11,13-14H,5-7,9-10H2,1-4H3. The van der Waals surface area contributed by atoms with Crippen LogP contribution in [0.15, 0.2) is 11.6 Å². The zero-order valence-corrected chi connectivity index (χ0v) is 11.2. The lowest BCUT2D eigenvalue weighted by Crippen LogP contribution is -2.29. The summed E-state index contributed by atoms with van der Waals surface area (Å²) in [7, 11) is 0. The number of hydrogen-bond donors (Lipinski definition) is 0. The van der Waals surface area contributed by atoms with Crippen molar-refractivity contribution in [1.29, 1.82) is 0 Å². The van der Waals surface area contributed by atoms with Crippen molar-refractivity contribution in [3.8, 4) is 0 Å². The Kier molecular flexibility index (Phi) is 6.07. The van der Waals surface area contributed by atoms with Gasteiger partial charge in [0, 0.05) is 5.92 Å². The molecule has 0 aromatic carbocycles. The van der Waals surface area contributed by atoms with Crippen molar-refractivity contribution in [2.45, 2.75) is 53.2 Å². The number of allylic oxidation sites excluding steroid dienone is 1. The van der Waals surface area contributed by atoms with Crippen LogP contribution in [0, 0.1) is 11.8 Å². The minimum Gasteiger partial charge on any atom is -0.349 e. The van der Waals surface area contributed by atoms with Gasteiger partial charge < -0.3 is 9.47 Å². The summed E-state index contributed by atoms with van der Waals surface area (Å²) in [6.07, 6.45) is 5.76. The number of rotatable bonds is 5. The summed E-state index contributed by atoms with van der Waals surface area (Å²) in [5.74, 6) is 1.33. The van der Waals surface area contributed by atoms with Crippen molar-refractivity contribution in [3.63, 3.8) is 0 Å². The van der Waals surface area contributed by atoms with Gasteiger partial charge in [0.1, 0.15) is 0 Å². The van der Waals surface area contributed by atoms with Gasteiger partial charge in [0.25, 0.3) is 0 Å². The number of ether oxygens (including phenoxy) is 2. The molecule has 1 saturated heterocycles. The Balaban J connectivity index is 2.21. The average Bonchev–Trinajstić information content (AvgIpc) is 2.21. The molecule has 94 valence electrons. The van der Waals surface area contributed by atoms with Gasteiger partial charge in [-0.2, -0.15) is 0 Å². The second-order valence-corrected chi connectivity index (χ2v) is 5.44. The highest BCUT2D eigenvalue weighted by molar-refractivity contribution is 5.00. The van der Waals surface area contributed by atoms with E-state index in [9.17, 15) is 0 Å². The molecule has 0 bridgehead atoms. The van der Waals surface area contributed by atoms with Crippen LogP contribution >= 0.6 is 0 Å². The molecular weight excluding hydrogens is 200 g/mol. The molecule has 0 aromatic heterocycles. The van der Waals surface area contributed by atoms with Crippen molar-refractivity contribution in [1.82, 2.24) is 0 Å². The smallest absolute Gasteiger partial charge is 0.177 e. The highest BCUT2D eigenvalue weighted by atomic mass is 16.7. The molecule has 2 heteroatoms. The first-order valence-corrected chi connectivity index (χ1v) is 6.48. The minimum atomic E-state index is -0.102. The summed E-state index contributed by atoms with van der Waals surface area (Å²) in [6, 6.07) is 0. The van der Waals surface area contributed by atoms with E-state index in [2.05, 4.69) is 33.8 Å². The Hall–Kier alpha value is -0.340. The Morgan fingerprint density at radius 3 is 2.50 bits per heavy atom. The second kappa shape index (κ2) is 7.08.